The monoisotopic (exact) mass is 398 g/mol. The molecule has 0 atom stereocenters. The van der Waals surface area contributed by atoms with Crippen molar-refractivity contribution in [3.05, 3.63) is 74.7 Å². The van der Waals surface area contributed by atoms with Gasteiger partial charge in [0.05, 0.1) is 16.6 Å². The van der Waals surface area contributed by atoms with E-state index in [1.54, 1.807) is 49.2 Å². The third-order valence-corrected chi connectivity index (χ3v) is 4.78. The van der Waals surface area contributed by atoms with E-state index < -0.39 is 5.69 Å². The van der Waals surface area contributed by atoms with Gasteiger partial charge in [0.2, 0.25) is 0 Å². The molecule has 0 aliphatic rings. The summed E-state index contributed by atoms with van der Waals surface area (Å²) in [7, 11) is 1.79. The maximum Gasteiger partial charge on any atom is 0.328 e. The number of fused-ring (bicyclic) bond motifs is 1. The quantitative estimate of drug-likeness (QED) is 0.597. The molecule has 0 saturated heterocycles. The molecule has 0 aliphatic heterocycles. The van der Waals surface area contributed by atoms with E-state index in [2.05, 4.69) is 10.3 Å². The van der Waals surface area contributed by atoms with Gasteiger partial charge in [-0.2, -0.15) is 0 Å². The van der Waals surface area contributed by atoms with Crippen LogP contribution in [0.2, 0.25) is 0 Å². The molecule has 0 saturated carbocycles. The van der Waals surface area contributed by atoms with E-state index in [1.807, 2.05) is 0 Å². The number of hydrogen-bond acceptors (Lipinski definition) is 4. The van der Waals surface area contributed by atoms with Crippen molar-refractivity contribution in [2.24, 2.45) is 0 Å². The van der Waals surface area contributed by atoms with Gasteiger partial charge in [-0.05, 0) is 43.7 Å². The lowest BCUT2D eigenvalue weighted by Crippen LogP contribution is -2.34. The molecule has 29 heavy (non-hydrogen) atoms. The van der Waals surface area contributed by atoms with Crippen LogP contribution in [0.25, 0.3) is 10.9 Å². The van der Waals surface area contributed by atoms with Crippen molar-refractivity contribution in [1.29, 1.82) is 0 Å². The number of aromatic amines is 1. The summed E-state index contributed by atoms with van der Waals surface area (Å²) in [4.78, 5) is 41.1. The van der Waals surface area contributed by atoms with Gasteiger partial charge < -0.3 is 15.2 Å². The summed E-state index contributed by atoms with van der Waals surface area (Å²) in [5.74, 6) is -0.590. The van der Waals surface area contributed by atoms with Crippen molar-refractivity contribution >= 4 is 22.5 Å². The van der Waals surface area contributed by atoms with E-state index in [4.69, 9.17) is 0 Å². The molecule has 3 aromatic rings. The number of nitrogens with one attached hydrogen (secondary N) is 2. The average Bonchev–Trinajstić information content (AvgIpc) is 2.71. The molecule has 8 heteroatoms. The maximum absolute atomic E-state index is 13.8. The Morgan fingerprint density at radius 3 is 2.69 bits per heavy atom. The molecule has 7 nitrogen and oxygen atoms in total. The Morgan fingerprint density at radius 1 is 1.21 bits per heavy atom. The minimum Gasteiger partial charge on any atom is -0.372 e. The second kappa shape index (κ2) is 8.72. The minimum absolute atomic E-state index is 0.271. The molecule has 2 aromatic carbocycles. The molecular weight excluding hydrogens is 375 g/mol. The lowest BCUT2D eigenvalue weighted by molar-refractivity contribution is 0.0953. The van der Waals surface area contributed by atoms with Crippen molar-refractivity contribution in [1.82, 2.24) is 14.9 Å². The van der Waals surface area contributed by atoms with Gasteiger partial charge in [0.15, 0.2) is 0 Å². The third kappa shape index (κ3) is 4.37. The van der Waals surface area contributed by atoms with Crippen LogP contribution in [-0.4, -0.2) is 35.6 Å². The van der Waals surface area contributed by atoms with Gasteiger partial charge in [-0.1, -0.05) is 12.1 Å². The predicted molar refractivity (Wildman–Crippen MR) is 111 cm³/mol. The molecule has 152 valence electrons. The van der Waals surface area contributed by atoms with Gasteiger partial charge >= 0.3 is 5.69 Å². The van der Waals surface area contributed by atoms with E-state index in [0.717, 1.165) is 4.57 Å². The summed E-state index contributed by atoms with van der Waals surface area (Å²) in [6, 6.07) is 11.1. The zero-order valence-corrected chi connectivity index (χ0v) is 16.4. The predicted octanol–water partition coefficient (Wildman–Crippen LogP) is 2.11. The molecule has 2 N–H and O–H groups in total. The highest BCUT2D eigenvalue weighted by Crippen LogP contribution is 2.16. The first kappa shape index (κ1) is 20.3. The van der Waals surface area contributed by atoms with Gasteiger partial charge in [-0.15, -0.1) is 0 Å². The number of amides is 1. The summed E-state index contributed by atoms with van der Waals surface area (Å²) in [6.07, 6.45) is 0.627. The van der Waals surface area contributed by atoms with Crippen LogP contribution in [0.15, 0.2) is 52.1 Å². The molecule has 0 radical (unpaired) electrons. The SMILES string of the molecule is CCn1c(=O)[nH]c2cc(C(=O)NCCCN(C)c3ccccc3F)ccc2c1=O. The first-order valence-electron chi connectivity index (χ1n) is 9.43. The van der Waals surface area contributed by atoms with Crippen molar-refractivity contribution in [3.8, 4) is 0 Å². The van der Waals surface area contributed by atoms with E-state index >= 15 is 0 Å². The zero-order chi connectivity index (χ0) is 21.0. The van der Waals surface area contributed by atoms with Crippen molar-refractivity contribution in [2.45, 2.75) is 19.9 Å². The van der Waals surface area contributed by atoms with Gasteiger partial charge in [-0.25, -0.2) is 9.18 Å². The largest absolute Gasteiger partial charge is 0.372 e. The summed E-state index contributed by atoms with van der Waals surface area (Å²) < 4.78 is 14.9. The lowest BCUT2D eigenvalue weighted by Gasteiger charge is -2.19. The maximum atomic E-state index is 13.8. The first-order valence-corrected chi connectivity index (χ1v) is 9.43. The van der Waals surface area contributed by atoms with E-state index in [1.165, 1.54) is 12.1 Å². The van der Waals surface area contributed by atoms with Gasteiger partial charge in [0.25, 0.3) is 11.5 Å². The smallest absolute Gasteiger partial charge is 0.328 e. The number of nitrogens with zero attached hydrogens (tertiary/aromatic N) is 2. The van der Waals surface area contributed by atoms with Crippen molar-refractivity contribution in [2.75, 3.05) is 25.0 Å². The molecule has 0 bridgehead atoms. The molecule has 0 unspecified atom stereocenters. The van der Waals surface area contributed by atoms with E-state index in [-0.39, 0.29) is 23.8 Å². The highest BCUT2D eigenvalue weighted by Gasteiger charge is 2.11. The van der Waals surface area contributed by atoms with Crippen LogP contribution in [0.4, 0.5) is 10.1 Å². The van der Waals surface area contributed by atoms with E-state index in [9.17, 15) is 18.8 Å². The molecule has 1 aromatic heterocycles. The molecule has 0 aliphatic carbocycles. The number of anilines is 1. The fourth-order valence-electron chi connectivity index (χ4n) is 3.18. The molecule has 3 rings (SSSR count). The summed E-state index contributed by atoms with van der Waals surface area (Å²) in [6.45, 7) is 2.97. The second-order valence-corrected chi connectivity index (χ2v) is 6.72. The fraction of sp³-hybridized carbons (Fsp3) is 0.286. The Hall–Kier alpha value is -3.42. The van der Waals surface area contributed by atoms with Crippen LogP contribution in [-0.2, 0) is 6.54 Å². The van der Waals surface area contributed by atoms with Crippen molar-refractivity contribution < 1.29 is 9.18 Å². The molecule has 0 spiro atoms. The molecule has 0 fully saturated rings. The number of benzene rings is 2. The van der Waals surface area contributed by atoms with Gasteiger partial charge in [0.1, 0.15) is 5.82 Å². The number of hydrogen-bond donors (Lipinski definition) is 2. The van der Waals surface area contributed by atoms with E-state index in [0.29, 0.717) is 41.7 Å². The summed E-state index contributed by atoms with van der Waals surface area (Å²) in [5.41, 5.74) is 0.309. The average molecular weight is 398 g/mol. The Balaban J connectivity index is 1.62. The molecule has 1 heterocycles. The molecule has 1 amide bonds. The Kier molecular flexibility index (Phi) is 6.11. The number of rotatable bonds is 7. The number of para-hydroxylation sites is 1. The fourth-order valence-corrected chi connectivity index (χ4v) is 3.18. The van der Waals surface area contributed by atoms with Gasteiger partial charge in [0, 0.05) is 32.2 Å². The normalized spacial score (nSPS) is 10.9. The number of carbonyl (C=O) groups excluding carboxylic acids is 1. The van der Waals surface area contributed by atoms with Gasteiger partial charge in [-0.3, -0.25) is 14.2 Å². The summed E-state index contributed by atoms with van der Waals surface area (Å²) >= 11 is 0. The number of H-pyrrole nitrogens is 1. The Morgan fingerprint density at radius 2 is 1.97 bits per heavy atom. The van der Waals surface area contributed by atoms with Crippen LogP contribution >= 0.6 is 0 Å². The minimum atomic E-state index is -0.501. The highest BCUT2D eigenvalue weighted by molar-refractivity contribution is 5.97. The Labute approximate surface area is 166 Å². The van der Waals surface area contributed by atoms with Crippen LogP contribution in [0, 0.1) is 5.82 Å². The second-order valence-electron chi connectivity index (χ2n) is 6.72. The number of aromatic nitrogens is 2. The van der Waals surface area contributed by atoms with Crippen LogP contribution < -0.4 is 21.5 Å². The Bertz CT molecular complexity index is 1150. The summed E-state index contributed by atoms with van der Waals surface area (Å²) in [5, 5.41) is 3.16. The highest BCUT2D eigenvalue weighted by atomic mass is 19.1. The third-order valence-electron chi connectivity index (χ3n) is 4.78. The van der Waals surface area contributed by atoms with Crippen molar-refractivity contribution in [3.63, 3.8) is 0 Å². The van der Waals surface area contributed by atoms with Crippen LogP contribution in [0.5, 0.6) is 0 Å². The zero-order valence-electron chi connectivity index (χ0n) is 16.4. The van der Waals surface area contributed by atoms with Crippen LogP contribution in [0.1, 0.15) is 23.7 Å². The number of carbonyl (C=O) groups is 1. The lowest BCUT2D eigenvalue weighted by atomic mass is 10.1. The van der Waals surface area contributed by atoms with Crippen LogP contribution in [0.3, 0.4) is 0 Å². The topological polar surface area (TPSA) is 87.2 Å². The standard InChI is InChI=1S/C21H23FN4O3/c1-3-26-20(28)15-10-9-14(13-17(15)24-21(26)29)19(27)23-11-6-12-25(2)18-8-5-4-7-16(18)22/h4-5,7-10,13H,3,6,11-12H2,1-2H3,(H,23,27)(H,24,29). The molecular formula is C21H23FN4O3. The first-order chi connectivity index (χ1) is 13.9. The number of halogens is 1.